The molecule has 0 radical (unpaired) electrons. The van der Waals surface area contributed by atoms with Gasteiger partial charge in [-0.25, -0.2) is 4.98 Å². The molecule has 8 heteroatoms. The summed E-state index contributed by atoms with van der Waals surface area (Å²) in [6.07, 6.45) is 0.940. The molecule has 0 aliphatic heterocycles. The van der Waals surface area contributed by atoms with Gasteiger partial charge < -0.3 is 20.7 Å². The lowest BCUT2D eigenvalue weighted by molar-refractivity contribution is 0.0945. The average Bonchev–Trinajstić information content (AvgIpc) is 2.66. The molecule has 0 aliphatic carbocycles. The third-order valence-corrected chi connectivity index (χ3v) is 3.86. The number of carbonyl (C=O) groups is 1. The maximum Gasteiger partial charge on any atom is 0.275 e. The van der Waals surface area contributed by atoms with Gasteiger partial charge in [0.05, 0.1) is 7.11 Å². The number of hydrogen-bond acceptors (Lipinski definition) is 6. The number of hydrogen-bond donors (Lipinski definition) is 3. The lowest BCUT2D eigenvalue weighted by Gasteiger charge is -2.11. The number of nitrogens with one attached hydrogen (secondary N) is 3. The minimum atomic E-state index is -0.371. The fraction of sp³-hybridized carbons (Fsp3) is 0.389. The minimum absolute atomic E-state index is 0.0726. The molecule has 2 rings (SSSR count). The molecule has 0 unspecified atom stereocenters. The van der Waals surface area contributed by atoms with Crippen molar-refractivity contribution in [3.63, 3.8) is 0 Å². The first-order valence-corrected chi connectivity index (χ1v) is 8.91. The van der Waals surface area contributed by atoms with Crippen molar-refractivity contribution in [1.82, 2.24) is 20.6 Å². The van der Waals surface area contributed by atoms with Gasteiger partial charge in [0.25, 0.3) is 5.91 Å². The molecule has 0 saturated heterocycles. The van der Waals surface area contributed by atoms with E-state index in [2.05, 4.69) is 38.1 Å². The second kappa shape index (κ2) is 10.6. The zero-order valence-electron chi connectivity index (χ0n) is 15.0. The molecule has 0 bridgehead atoms. The van der Waals surface area contributed by atoms with Crippen molar-refractivity contribution >= 4 is 23.3 Å². The molecule has 140 valence electrons. The number of ether oxygens (including phenoxy) is 1. The lowest BCUT2D eigenvalue weighted by atomic mass is 10.1. The van der Waals surface area contributed by atoms with Crippen molar-refractivity contribution in [3.05, 3.63) is 46.7 Å². The van der Waals surface area contributed by atoms with E-state index in [0.29, 0.717) is 25.5 Å². The summed E-state index contributed by atoms with van der Waals surface area (Å²) in [4.78, 5) is 20.6. The zero-order chi connectivity index (χ0) is 18.8. The molecule has 3 N–H and O–H groups in total. The molecule has 0 saturated carbocycles. The van der Waals surface area contributed by atoms with Gasteiger partial charge in [0, 0.05) is 19.6 Å². The van der Waals surface area contributed by atoms with Crippen LogP contribution in [0.3, 0.4) is 0 Å². The Labute approximate surface area is 158 Å². The highest BCUT2D eigenvalue weighted by atomic mass is 35.5. The number of halogens is 1. The van der Waals surface area contributed by atoms with Gasteiger partial charge in [-0.05, 0) is 25.5 Å². The SMILES string of the molecule is CCNc1nc(OC)c(C(=O)NCCNCCc2ccccc2)nc1Cl. The van der Waals surface area contributed by atoms with E-state index in [-0.39, 0.29) is 22.6 Å². The Hall–Kier alpha value is -2.38. The van der Waals surface area contributed by atoms with Crippen molar-refractivity contribution in [3.8, 4) is 5.88 Å². The Morgan fingerprint density at radius 1 is 1.15 bits per heavy atom. The molecule has 1 aromatic heterocycles. The largest absolute Gasteiger partial charge is 0.479 e. The van der Waals surface area contributed by atoms with Crippen LogP contribution in [-0.2, 0) is 6.42 Å². The first kappa shape index (κ1) is 19.9. The number of nitrogens with zero attached hydrogens (tertiary/aromatic N) is 2. The molecule has 0 spiro atoms. The summed E-state index contributed by atoms with van der Waals surface area (Å²) < 4.78 is 5.15. The molecule has 1 amide bonds. The predicted molar refractivity (Wildman–Crippen MR) is 103 cm³/mol. The summed E-state index contributed by atoms with van der Waals surface area (Å²) in [6, 6.07) is 10.2. The second-order valence-electron chi connectivity index (χ2n) is 5.49. The molecule has 0 atom stereocenters. The van der Waals surface area contributed by atoms with Crippen molar-refractivity contribution in [1.29, 1.82) is 0 Å². The van der Waals surface area contributed by atoms with E-state index in [4.69, 9.17) is 16.3 Å². The Bertz CT molecular complexity index is 712. The van der Waals surface area contributed by atoms with E-state index in [1.165, 1.54) is 12.7 Å². The fourth-order valence-corrected chi connectivity index (χ4v) is 2.51. The Balaban J connectivity index is 1.79. The van der Waals surface area contributed by atoms with Crippen LogP contribution < -0.4 is 20.7 Å². The third-order valence-electron chi connectivity index (χ3n) is 3.59. The Kier molecular flexibility index (Phi) is 8.11. The highest BCUT2D eigenvalue weighted by Crippen LogP contribution is 2.23. The molecule has 7 nitrogen and oxygen atoms in total. The topological polar surface area (TPSA) is 88.2 Å². The monoisotopic (exact) mass is 377 g/mol. The summed E-state index contributed by atoms with van der Waals surface area (Å²) in [5.41, 5.74) is 1.35. The number of methoxy groups -OCH3 is 1. The smallest absolute Gasteiger partial charge is 0.275 e. The van der Waals surface area contributed by atoms with Crippen LogP contribution in [0.5, 0.6) is 5.88 Å². The molecule has 0 fully saturated rings. The van der Waals surface area contributed by atoms with Gasteiger partial charge in [-0.15, -0.1) is 0 Å². The van der Waals surface area contributed by atoms with Crippen LogP contribution in [0.15, 0.2) is 30.3 Å². The van der Waals surface area contributed by atoms with Gasteiger partial charge in [0.2, 0.25) is 5.88 Å². The predicted octanol–water partition coefficient (Wildman–Crippen LogP) is 2.13. The Morgan fingerprint density at radius 2 is 1.92 bits per heavy atom. The maximum atomic E-state index is 12.3. The average molecular weight is 378 g/mol. The normalized spacial score (nSPS) is 10.4. The van der Waals surface area contributed by atoms with E-state index in [1.54, 1.807) is 0 Å². The van der Waals surface area contributed by atoms with Crippen molar-refractivity contribution < 1.29 is 9.53 Å². The van der Waals surface area contributed by atoms with Crippen molar-refractivity contribution in [2.45, 2.75) is 13.3 Å². The van der Waals surface area contributed by atoms with Gasteiger partial charge in [-0.3, -0.25) is 4.79 Å². The van der Waals surface area contributed by atoms with E-state index in [1.807, 2.05) is 25.1 Å². The van der Waals surface area contributed by atoms with Crippen LogP contribution in [0, 0.1) is 0 Å². The Morgan fingerprint density at radius 3 is 2.62 bits per heavy atom. The number of benzene rings is 1. The molecule has 1 heterocycles. The van der Waals surface area contributed by atoms with Crippen molar-refractivity contribution in [2.75, 3.05) is 38.6 Å². The van der Waals surface area contributed by atoms with Gasteiger partial charge in [0.15, 0.2) is 16.7 Å². The molecule has 26 heavy (non-hydrogen) atoms. The summed E-state index contributed by atoms with van der Waals surface area (Å²) >= 11 is 6.06. The van der Waals surface area contributed by atoms with Crippen LogP contribution in [0.2, 0.25) is 5.15 Å². The molecular formula is C18H24ClN5O2. The van der Waals surface area contributed by atoms with Crippen LogP contribution >= 0.6 is 11.6 Å². The number of rotatable bonds is 10. The second-order valence-corrected chi connectivity index (χ2v) is 5.85. The fourth-order valence-electron chi connectivity index (χ4n) is 2.32. The van der Waals surface area contributed by atoms with Crippen LogP contribution in [0.4, 0.5) is 5.82 Å². The number of amides is 1. The number of anilines is 1. The van der Waals surface area contributed by atoms with Crippen LogP contribution in [-0.4, -0.2) is 49.2 Å². The van der Waals surface area contributed by atoms with E-state index in [9.17, 15) is 4.79 Å². The molecule has 2 aromatic rings. The molecule has 1 aromatic carbocycles. The highest BCUT2D eigenvalue weighted by Gasteiger charge is 2.19. The maximum absolute atomic E-state index is 12.3. The van der Waals surface area contributed by atoms with E-state index >= 15 is 0 Å². The summed E-state index contributed by atoms with van der Waals surface area (Å²) in [5.74, 6) is 0.161. The third kappa shape index (κ3) is 5.86. The summed E-state index contributed by atoms with van der Waals surface area (Å²) in [5, 5.41) is 9.18. The van der Waals surface area contributed by atoms with Gasteiger partial charge >= 0.3 is 0 Å². The first-order valence-electron chi connectivity index (χ1n) is 8.54. The highest BCUT2D eigenvalue weighted by molar-refractivity contribution is 6.31. The molecular weight excluding hydrogens is 354 g/mol. The van der Waals surface area contributed by atoms with E-state index < -0.39 is 0 Å². The van der Waals surface area contributed by atoms with Gasteiger partial charge in [-0.2, -0.15) is 4.98 Å². The van der Waals surface area contributed by atoms with Crippen molar-refractivity contribution in [2.24, 2.45) is 0 Å². The van der Waals surface area contributed by atoms with Gasteiger partial charge in [-0.1, -0.05) is 41.9 Å². The van der Waals surface area contributed by atoms with Crippen LogP contribution in [0.25, 0.3) is 0 Å². The number of aromatic nitrogens is 2. The minimum Gasteiger partial charge on any atom is -0.479 e. The zero-order valence-corrected chi connectivity index (χ0v) is 15.8. The van der Waals surface area contributed by atoms with Crippen LogP contribution in [0.1, 0.15) is 23.0 Å². The number of carbonyl (C=O) groups excluding carboxylic acids is 1. The summed E-state index contributed by atoms with van der Waals surface area (Å²) in [7, 11) is 1.44. The standard InChI is InChI=1S/C18H24ClN5O2/c1-3-21-16-15(19)23-14(18(24-16)26-2)17(25)22-12-11-20-10-9-13-7-5-4-6-8-13/h4-8,20H,3,9-12H2,1-2H3,(H,21,24)(H,22,25). The first-order chi connectivity index (χ1) is 12.7. The molecule has 0 aliphatic rings. The summed E-state index contributed by atoms with van der Waals surface area (Å²) in [6.45, 7) is 4.50. The quantitative estimate of drug-likeness (QED) is 0.550. The lowest BCUT2D eigenvalue weighted by Crippen LogP contribution is -2.33. The van der Waals surface area contributed by atoms with Gasteiger partial charge in [0.1, 0.15) is 0 Å². The van der Waals surface area contributed by atoms with E-state index in [0.717, 1.165) is 13.0 Å².